The van der Waals surface area contributed by atoms with Crippen LogP contribution >= 0.6 is 0 Å². The molecule has 3 rings (SSSR count). The lowest BCUT2D eigenvalue weighted by atomic mass is 9.91. The van der Waals surface area contributed by atoms with E-state index in [0.29, 0.717) is 12.8 Å². The molecule has 5 heteroatoms. The average molecular weight is 301 g/mol. The number of carbonyl (C=O) groups is 2. The highest BCUT2D eigenvalue weighted by atomic mass is 16.2. The predicted octanol–water partition coefficient (Wildman–Crippen LogP) is 2.23. The van der Waals surface area contributed by atoms with E-state index in [1.165, 1.54) is 19.3 Å². The number of piperidine rings is 2. The van der Waals surface area contributed by atoms with Gasteiger partial charge in [0.05, 0.1) is 5.92 Å². The van der Waals surface area contributed by atoms with E-state index in [4.69, 9.17) is 0 Å². The van der Waals surface area contributed by atoms with E-state index in [2.05, 4.69) is 22.1 Å². The Balaban J connectivity index is 1.65. The third-order valence-corrected chi connectivity index (χ3v) is 4.93. The molecule has 3 heterocycles. The first-order valence-electron chi connectivity index (χ1n) is 8.22. The van der Waals surface area contributed by atoms with Crippen LogP contribution in [0.1, 0.15) is 50.5 Å². The van der Waals surface area contributed by atoms with E-state index in [0.717, 1.165) is 30.4 Å². The largest absolute Gasteiger partial charge is 0.357 e. The van der Waals surface area contributed by atoms with Gasteiger partial charge in [0, 0.05) is 25.7 Å². The van der Waals surface area contributed by atoms with Gasteiger partial charge in [-0.1, -0.05) is 19.4 Å². The van der Waals surface area contributed by atoms with Crippen molar-refractivity contribution in [1.29, 1.82) is 0 Å². The van der Waals surface area contributed by atoms with Crippen molar-refractivity contribution < 1.29 is 9.59 Å². The maximum absolute atomic E-state index is 11.9. The molecule has 2 aliphatic heterocycles. The third-order valence-electron chi connectivity index (χ3n) is 4.93. The van der Waals surface area contributed by atoms with Crippen molar-refractivity contribution in [2.75, 3.05) is 18.0 Å². The van der Waals surface area contributed by atoms with Gasteiger partial charge in [0.15, 0.2) is 0 Å². The minimum atomic E-state index is -0.245. The number of aromatic nitrogens is 1. The van der Waals surface area contributed by atoms with Gasteiger partial charge in [-0.25, -0.2) is 4.98 Å². The smallest absolute Gasteiger partial charge is 0.234 e. The Kier molecular flexibility index (Phi) is 4.41. The molecule has 0 saturated carbocycles. The van der Waals surface area contributed by atoms with Crippen molar-refractivity contribution in [2.45, 2.75) is 44.9 Å². The fraction of sp³-hybridized carbons (Fsp3) is 0.588. The number of amides is 2. The second-order valence-electron chi connectivity index (χ2n) is 6.29. The summed E-state index contributed by atoms with van der Waals surface area (Å²) >= 11 is 0. The molecule has 1 unspecified atom stereocenters. The van der Waals surface area contributed by atoms with Crippen LogP contribution in [0, 0.1) is 5.92 Å². The summed E-state index contributed by atoms with van der Waals surface area (Å²) in [5, 5.41) is 2.40. The first-order valence-corrected chi connectivity index (χ1v) is 8.22. The average Bonchev–Trinajstić information content (AvgIpc) is 2.55. The quantitative estimate of drug-likeness (QED) is 0.870. The summed E-state index contributed by atoms with van der Waals surface area (Å²) in [5.74, 6) is 1.22. The maximum Gasteiger partial charge on any atom is 0.234 e. The summed E-state index contributed by atoms with van der Waals surface area (Å²) in [7, 11) is 0. The lowest BCUT2D eigenvalue weighted by Gasteiger charge is -2.32. The number of hydrogen-bond donors (Lipinski definition) is 1. The third kappa shape index (κ3) is 3.13. The van der Waals surface area contributed by atoms with Gasteiger partial charge in [0.2, 0.25) is 11.8 Å². The van der Waals surface area contributed by atoms with Crippen molar-refractivity contribution in [2.24, 2.45) is 5.92 Å². The van der Waals surface area contributed by atoms with Gasteiger partial charge in [-0.3, -0.25) is 14.9 Å². The molecule has 118 valence electrons. The van der Waals surface area contributed by atoms with Crippen LogP contribution in [0.15, 0.2) is 18.3 Å². The maximum atomic E-state index is 11.9. The van der Waals surface area contributed by atoms with E-state index in [1.54, 1.807) is 6.20 Å². The van der Waals surface area contributed by atoms with Crippen molar-refractivity contribution >= 4 is 17.6 Å². The summed E-state index contributed by atoms with van der Waals surface area (Å²) < 4.78 is 0. The number of nitrogens with zero attached hydrogens (tertiary/aromatic N) is 2. The van der Waals surface area contributed by atoms with Gasteiger partial charge in [-0.2, -0.15) is 0 Å². The Labute approximate surface area is 131 Å². The van der Waals surface area contributed by atoms with Crippen molar-refractivity contribution in [1.82, 2.24) is 10.3 Å². The van der Waals surface area contributed by atoms with Crippen molar-refractivity contribution in [3.8, 4) is 0 Å². The summed E-state index contributed by atoms with van der Waals surface area (Å²) in [6.45, 7) is 4.37. The summed E-state index contributed by atoms with van der Waals surface area (Å²) in [4.78, 5) is 30.0. The van der Waals surface area contributed by atoms with Gasteiger partial charge < -0.3 is 4.90 Å². The van der Waals surface area contributed by atoms with Crippen LogP contribution in [0.3, 0.4) is 0 Å². The zero-order valence-electron chi connectivity index (χ0n) is 13.0. The number of nitrogens with one attached hydrogen (secondary N) is 1. The molecule has 1 atom stereocenters. The van der Waals surface area contributed by atoms with Gasteiger partial charge in [0.25, 0.3) is 0 Å². The normalized spacial score (nSPS) is 23.5. The second-order valence-corrected chi connectivity index (χ2v) is 6.29. The molecule has 2 amide bonds. The minimum absolute atomic E-state index is 0.176. The molecule has 2 saturated heterocycles. The highest BCUT2D eigenvalue weighted by Crippen LogP contribution is 2.27. The fourth-order valence-corrected chi connectivity index (χ4v) is 3.37. The Hall–Kier alpha value is -1.91. The molecule has 0 radical (unpaired) electrons. The molecule has 22 heavy (non-hydrogen) atoms. The Bertz CT molecular complexity index is 548. The molecular formula is C17H23N3O2. The zero-order valence-corrected chi connectivity index (χ0v) is 13.0. The predicted molar refractivity (Wildman–Crippen MR) is 84.6 cm³/mol. The summed E-state index contributed by atoms with van der Waals surface area (Å²) in [6.07, 6.45) is 6.49. The van der Waals surface area contributed by atoms with Gasteiger partial charge in [0.1, 0.15) is 5.82 Å². The molecule has 0 spiro atoms. The number of carbonyl (C=O) groups excluding carboxylic acids is 2. The molecule has 1 aromatic heterocycles. The van der Waals surface area contributed by atoms with E-state index < -0.39 is 0 Å². The Morgan fingerprint density at radius 3 is 2.59 bits per heavy atom. The second kappa shape index (κ2) is 6.46. The molecular weight excluding hydrogens is 278 g/mol. The molecule has 0 aromatic carbocycles. The van der Waals surface area contributed by atoms with Gasteiger partial charge >= 0.3 is 0 Å². The summed E-state index contributed by atoms with van der Waals surface area (Å²) in [6, 6.07) is 3.99. The molecule has 0 bridgehead atoms. The van der Waals surface area contributed by atoms with Crippen LogP contribution in [0.2, 0.25) is 0 Å². The lowest BCUT2D eigenvalue weighted by Crippen LogP contribution is -2.39. The molecule has 2 fully saturated rings. The lowest BCUT2D eigenvalue weighted by molar-refractivity contribution is -0.134. The highest BCUT2D eigenvalue weighted by molar-refractivity contribution is 6.00. The standard InChI is InChI=1S/C17H23N3O2/c1-2-12-7-9-20(10-8-12)15-5-3-13(11-18-15)14-4-6-16(21)19-17(14)22/h3,5,11-12,14H,2,4,6-10H2,1H3,(H,19,21,22). The molecule has 1 aromatic rings. The molecule has 1 N–H and O–H groups in total. The van der Waals surface area contributed by atoms with Crippen molar-refractivity contribution in [3.05, 3.63) is 23.9 Å². The molecule has 2 aliphatic rings. The van der Waals surface area contributed by atoms with E-state index in [9.17, 15) is 9.59 Å². The SMILES string of the molecule is CCC1CCN(c2ccc(C3CCC(=O)NC3=O)cn2)CC1. The highest BCUT2D eigenvalue weighted by Gasteiger charge is 2.28. The topological polar surface area (TPSA) is 62.3 Å². The summed E-state index contributed by atoms with van der Waals surface area (Å²) in [5.41, 5.74) is 0.900. The van der Waals surface area contributed by atoms with E-state index in [1.807, 2.05) is 12.1 Å². The number of imide groups is 1. The Morgan fingerprint density at radius 1 is 1.23 bits per heavy atom. The number of pyridine rings is 1. The number of rotatable bonds is 3. The van der Waals surface area contributed by atoms with E-state index in [-0.39, 0.29) is 17.7 Å². The fourth-order valence-electron chi connectivity index (χ4n) is 3.37. The monoisotopic (exact) mass is 301 g/mol. The first kappa shape index (κ1) is 15.0. The van der Waals surface area contributed by atoms with Crippen LogP contribution in [-0.2, 0) is 9.59 Å². The Morgan fingerprint density at radius 2 is 2.00 bits per heavy atom. The number of anilines is 1. The zero-order chi connectivity index (χ0) is 15.5. The van der Waals surface area contributed by atoms with Gasteiger partial charge in [-0.15, -0.1) is 0 Å². The molecule has 0 aliphatic carbocycles. The van der Waals surface area contributed by atoms with Crippen LogP contribution in [0.5, 0.6) is 0 Å². The van der Waals surface area contributed by atoms with Crippen LogP contribution in [0.4, 0.5) is 5.82 Å². The van der Waals surface area contributed by atoms with Crippen LogP contribution < -0.4 is 10.2 Å². The van der Waals surface area contributed by atoms with Crippen LogP contribution in [0.25, 0.3) is 0 Å². The minimum Gasteiger partial charge on any atom is -0.357 e. The van der Waals surface area contributed by atoms with Crippen molar-refractivity contribution in [3.63, 3.8) is 0 Å². The van der Waals surface area contributed by atoms with Crippen LogP contribution in [-0.4, -0.2) is 29.9 Å². The number of hydrogen-bond acceptors (Lipinski definition) is 4. The molecule has 5 nitrogen and oxygen atoms in total. The van der Waals surface area contributed by atoms with E-state index >= 15 is 0 Å². The first-order chi connectivity index (χ1) is 10.7. The van der Waals surface area contributed by atoms with Gasteiger partial charge in [-0.05, 0) is 36.8 Å².